The Balaban J connectivity index is 1.36. The molecule has 0 bridgehead atoms. The molecule has 1 amide bonds. The largest absolute Gasteiger partial charge is 0.493 e. The number of hydrogen-bond acceptors (Lipinski definition) is 5. The molecule has 5 rings (SSSR count). The van der Waals surface area contributed by atoms with Gasteiger partial charge < -0.3 is 19.3 Å². The average molecular weight is 479 g/mol. The lowest BCUT2D eigenvalue weighted by Crippen LogP contribution is -2.56. The number of rotatable bonds is 8. The second kappa shape index (κ2) is 10.4. The van der Waals surface area contributed by atoms with Crippen LogP contribution in [0.1, 0.15) is 30.4 Å². The number of benzene rings is 2. The van der Waals surface area contributed by atoms with Gasteiger partial charge in [-0.2, -0.15) is 5.10 Å². The molecule has 0 radical (unpaired) electrons. The zero-order chi connectivity index (χ0) is 24.2. The van der Waals surface area contributed by atoms with E-state index in [1.54, 1.807) is 31.6 Å². The Morgan fingerprint density at radius 1 is 1.11 bits per heavy atom. The first-order valence-corrected chi connectivity index (χ1v) is 12.2. The minimum Gasteiger partial charge on any atom is -0.493 e. The van der Waals surface area contributed by atoms with Gasteiger partial charge in [-0.1, -0.05) is 12.1 Å². The van der Waals surface area contributed by atoms with Crippen LogP contribution in [0, 0.1) is 5.82 Å². The Morgan fingerprint density at radius 3 is 2.63 bits per heavy atom. The summed E-state index contributed by atoms with van der Waals surface area (Å²) < 4.78 is 25.2. The van der Waals surface area contributed by atoms with E-state index in [1.165, 1.54) is 18.6 Å². The third-order valence-corrected chi connectivity index (χ3v) is 6.96. The quantitative estimate of drug-likeness (QED) is 0.530. The van der Waals surface area contributed by atoms with Gasteiger partial charge in [0, 0.05) is 37.6 Å². The van der Waals surface area contributed by atoms with Gasteiger partial charge in [-0.15, -0.1) is 0 Å². The van der Waals surface area contributed by atoms with Gasteiger partial charge in [-0.3, -0.25) is 9.89 Å². The molecule has 1 atom stereocenters. The highest BCUT2D eigenvalue weighted by Gasteiger charge is 2.31. The fraction of sp³-hybridized carbons (Fsp3) is 0.407. The first-order valence-electron chi connectivity index (χ1n) is 12.2. The number of methoxy groups -OCH3 is 1. The first kappa shape index (κ1) is 23.2. The summed E-state index contributed by atoms with van der Waals surface area (Å²) in [5.74, 6) is 1.31. The van der Waals surface area contributed by atoms with Crippen LogP contribution in [0.25, 0.3) is 0 Å². The van der Waals surface area contributed by atoms with Crippen molar-refractivity contribution in [2.24, 2.45) is 0 Å². The highest BCUT2D eigenvalue weighted by Crippen LogP contribution is 2.36. The highest BCUT2D eigenvalue weighted by atomic mass is 19.1. The molecule has 1 N–H and O–H groups in total. The van der Waals surface area contributed by atoms with Gasteiger partial charge in [-0.05, 0) is 61.1 Å². The molecular weight excluding hydrogens is 447 g/mol. The van der Waals surface area contributed by atoms with Gasteiger partial charge in [0.15, 0.2) is 11.5 Å². The molecule has 35 heavy (non-hydrogen) atoms. The Kier molecular flexibility index (Phi) is 6.88. The number of aromatic amines is 1. The number of nitrogens with one attached hydrogen (secondary N) is 1. The standard InChI is InChI=1S/C27H31FN4O3/c1-34-25-10-9-22(15-26(25)35-24-3-2-4-24)31-11-12-32(27(33)14-20-16-29-30-17-20)23(18-31)13-19-5-7-21(28)8-6-19/h5-10,15-17,23-24H,2-4,11-14,18H2,1H3,(H,29,30). The van der Waals surface area contributed by atoms with Crippen molar-refractivity contribution in [3.05, 3.63) is 71.8 Å². The normalized spacial score (nSPS) is 18.3. The molecule has 2 aliphatic rings. The van der Waals surface area contributed by atoms with Crippen LogP contribution >= 0.6 is 0 Å². The number of ether oxygens (including phenoxy) is 2. The van der Waals surface area contributed by atoms with Crippen molar-refractivity contribution in [2.75, 3.05) is 31.6 Å². The van der Waals surface area contributed by atoms with Crippen LogP contribution in [0.15, 0.2) is 54.9 Å². The molecule has 0 spiro atoms. The van der Waals surface area contributed by atoms with Gasteiger partial charge in [0.25, 0.3) is 0 Å². The molecule has 2 fully saturated rings. The summed E-state index contributed by atoms with van der Waals surface area (Å²) in [6.07, 6.45) is 7.99. The molecule has 1 saturated carbocycles. The number of carbonyl (C=O) groups excluding carboxylic acids is 1. The maximum absolute atomic E-state index is 13.5. The number of nitrogens with zero attached hydrogens (tertiary/aromatic N) is 3. The zero-order valence-corrected chi connectivity index (χ0v) is 20.0. The van der Waals surface area contributed by atoms with E-state index in [-0.39, 0.29) is 23.9 Å². The molecule has 1 aliphatic heterocycles. The summed E-state index contributed by atoms with van der Waals surface area (Å²) in [7, 11) is 1.66. The monoisotopic (exact) mass is 478 g/mol. The molecule has 2 aromatic carbocycles. The van der Waals surface area contributed by atoms with E-state index in [2.05, 4.69) is 21.2 Å². The summed E-state index contributed by atoms with van der Waals surface area (Å²) in [6, 6.07) is 12.5. The molecular formula is C27H31FN4O3. The van der Waals surface area contributed by atoms with Crippen molar-refractivity contribution in [1.29, 1.82) is 0 Å². The molecule has 2 heterocycles. The number of halogens is 1. The van der Waals surface area contributed by atoms with E-state index in [0.717, 1.165) is 41.2 Å². The third-order valence-electron chi connectivity index (χ3n) is 6.96. The Morgan fingerprint density at radius 2 is 1.94 bits per heavy atom. The van der Waals surface area contributed by atoms with Gasteiger partial charge in [-0.25, -0.2) is 4.39 Å². The molecule has 1 saturated heterocycles. The SMILES string of the molecule is COc1ccc(N2CCN(C(=O)Cc3cn[nH]c3)C(Cc3ccc(F)cc3)C2)cc1OC1CCC1. The second-order valence-corrected chi connectivity index (χ2v) is 9.31. The fourth-order valence-electron chi connectivity index (χ4n) is 4.76. The van der Waals surface area contributed by atoms with Gasteiger partial charge >= 0.3 is 0 Å². The molecule has 3 aromatic rings. The lowest BCUT2D eigenvalue weighted by Gasteiger charge is -2.43. The molecule has 1 aromatic heterocycles. The van der Waals surface area contributed by atoms with Crippen LogP contribution in [0.4, 0.5) is 10.1 Å². The van der Waals surface area contributed by atoms with E-state index in [9.17, 15) is 9.18 Å². The van der Waals surface area contributed by atoms with Crippen molar-refractivity contribution >= 4 is 11.6 Å². The van der Waals surface area contributed by atoms with Crippen molar-refractivity contribution in [1.82, 2.24) is 15.1 Å². The number of carbonyl (C=O) groups is 1. The number of anilines is 1. The van der Waals surface area contributed by atoms with Crippen molar-refractivity contribution < 1.29 is 18.7 Å². The second-order valence-electron chi connectivity index (χ2n) is 9.31. The van der Waals surface area contributed by atoms with Crippen molar-refractivity contribution in [3.8, 4) is 11.5 Å². The van der Waals surface area contributed by atoms with E-state index < -0.39 is 0 Å². The molecule has 8 heteroatoms. The topological polar surface area (TPSA) is 70.7 Å². The van der Waals surface area contributed by atoms with E-state index >= 15 is 0 Å². The Hall–Kier alpha value is -3.55. The summed E-state index contributed by atoms with van der Waals surface area (Å²) in [5.41, 5.74) is 2.92. The average Bonchev–Trinajstić information content (AvgIpc) is 3.35. The lowest BCUT2D eigenvalue weighted by molar-refractivity contribution is -0.133. The number of H-pyrrole nitrogens is 1. The van der Waals surface area contributed by atoms with Crippen LogP contribution in [0.2, 0.25) is 0 Å². The molecule has 184 valence electrons. The van der Waals surface area contributed by atoms with E-state index in [0.29, 0.717) is 32.5 Å². The Labute approximate surface area is 204 Å². The third kappa shape index (κ3) is 5.42. The molecule has 1 unspecified atom stereocenters. The van der Waals surface area contributed by atoms with Crippen LogP contribution in [0.5, 0.6) is 11.5 Å². The maximum atomic E-state index is 13.5. The van der Waals surface area contributed by atoms with Crippen molar-refractivity contribution in [2.45, 2.75) is 44.2 Å². The minimum absolute atomic E-state index is 0.0493. The number of amides is 1. The van der Waals surface area contributed by atoms with Crippen LogP contribution < -0.4 is 14.4 Å². The summed E-state index contributed by atoms with van der Waals surface area (Å²) in [5, 5.41) is 6.73. The van der Waals surface area contributed by atoms with Gasteiger partial charge in [0.05, 0.1) is 31.9 Å². The summed E-state index contributed by atoms with van der Waals surface area (Å²) >= 11 is 0. The smallest absolute Gasteiger partial charge is 0.227 e. The van der Waals surface area contributed by atoms with Crippen LogP contribution in [-0.2, 0) is 17.6 Å². The predicted octanol–water partition coefficient (Wildman–Crippen LogP) is 3.99. The number of hydrogen-bond donors (Lipinski definition) is 1. The minimum atomic E-state index is -0.260. The highest BCUT2D eigenvalue weighted by molar-refractivity contribution is 5.79. The van der Waals surface area contributed by atoms with Gasteiger partial charge in [0.1, 0.15) is 5.82 Å². The summed E-state index contributed by atoms with van der Waals surface area (Å²) in [6.45, 7) is 1.99. The van der Waals surface area contributed by atoms with Crippen LogP contribution in [-0.4, -0.2) is 59.9 Å². The predicted molar refractivity (Wildman–Crippen MR) is 131 cm³/mol. The molecule has 1 aliphatic carbocycles. The first-order chi connectivity index (χ1) is 17.1. The number of aromatic nitrogens is 2. The van der Waals surface area contributed by atoms with Gasteiger partial charge in [0.2, 0.25) is 5.91 Å². The fourth-order valence-corrected chi connectivity index (χ4v) is 4.76. The Bertz CT molecular complexity index is 1130. The zero-order valence-electron chi connectivity index (χ0n) is 20.0. The summed E-state index contributed by atoms with van der Waals surface area (Å²) in [4.78, 5) is 17.5. The van der Waals surface area contributed by atoms with Crippen molar-refractivity contribution in [3.63, 3.8) is 0 Å². The van der Waals surface area contributed by atoms with E-state index in [4.69, 9.17) is 9.47 Å². The number of piperazine rings is 1. The van der Waals surface area contributed by atoms with Crippen LogP contribution in [0.3, 0.4) is 0 Å². The lowest BCUT2D eigenvalue weighted by atomic mass is 9.96. The molecule has 7 nitrogen and oxygen atoms in total. The van der Waals surface area contributed by atoms with E-state index in [1.807, 2.05) is 17.0 Å². The maximum Gasteiger partial charge on any atom is 0.227 e.